The van der Waals surface area contributed by atoms with Crippen molar-refractivity contribution in [2.24, 2.45) is 28.6 Å². The van der Waals surface area contributed by atoms with E-state index in [9.17, 15) is 9.59 Å². The molecule has 4 heteroatoms. The van der Waals surface area contributed by atoms with E-state index in [1.54, 1.807) is 12.5 Å². The zero-order valence-corrected chi connectivity index (χ0v) is 17.3. The minimum atomic E-state index is -0.152. The molecule has 1 amide bonds. The molecule has 0 aromatic carbocycles. The van der Waals surface area contributed by atoms with Gasteiger partial charge in [0.1, 0.15) is 6.10 Å². The fourth-order valence-electron chi connectivity index (χ4n) is 7.45. The van der Waals surface area contributed by atoms with Crippen molar-refractivity contribution in [2.45, 2.75) is 91.2 Å². The molecule has 0 radical (unpaired) electrons. The Labute approximate surface area is 163 Å². The topological polar surface area (TPSA) is 55.4 Å². The fraction of sp³-hybridized carbons (Fsp3) is 0.826. The molecule has 1 unspecified atom stereocenters. The van der Waals surface area contributed by atoms with Gasteiger partial charge in [-0.15, -0.1) is 0 Å². The predicted octanol–water partition coefficient (Wildman–Crippen LogP) is 4.39. The van der Waals surface area contributed by atoms with Crippen LogP contribution in [-0.4, -0.2) is 24.0 Å². The summed E-state index contributed by atoms with van der Waals surface area (Å²) in [5, 5.41) is 3.26. The van der Waals surface area contributed by atoms with Crippen LogP contribution in [0.15, 0.2) is 11.6 Å². The van der Waals surface area contributed by atoms with Gasteiger partial charge in [0.25, 0.3) is 0 Å². The van der Waals surface area contributed by atoms with Gasteiger partial charge in [-0.05, 0) is 73.5 Å². The SMILES string of the molecule is CC(=O)N[C@H]1CC[C@H]2[C@@H]3CC=C4CC(OC(C)=O)CC[C@]4(C)[C@H]3CC[C@]12C. The summed E-state index contributed by atoms with van der Waals surface area (Å²) in [6, 6.07) is 0.346. The summed E-state index contributed by atoms with van der Waals surface area (Å²) in [7, 11) is 0. The van der Waals surface area contributed by atoms with Gasteiger partial charge >= 0.3 is 5.97 Å². The first kappa shape index (κ1) is 19.0. The monoisotopic (exact) mass is 373 g/mol. The number of ether oxygens (including phenoxy) is 1. The molecule has 3 fully saturated rings. The number of nitrogens with one attached hydrogen (secondary N) is 1. The highest BCUT2D eigenvalue weighted by Crippen LogP contribution is 2.64. The molecule has 0 heterocycles. The number of allylic oxidation sites excluding steroid dienone is 1. The molecule has 0 aromatic heterocycles. The third-order valence-electron chi connectivity index (χ3n) is 8.77. The van der Waals surface area contributed by atoms with Crippen LogP contribution in [0.4, 0.5) is 0 Å². The van der Waals surface area contributed by atoms with Gasteiger partial charge in [-0.25, -0.2) is 0 Å². The van der Waals surface area contributed by atoms with Crippen LogP contribution in [0.25, 0.3) is 0 Å². The van der Waals surface area contributed by atoms with Crippen molar-refractivity contribution in [1.29, 1.82) is 0 Å². The van der Waals surface area contributed by atoms with Crippen molar-refractivity contribution in [2.75, 3.05) is 0 Å². The molecule has 4 aliphatic rings. The van der Waals surface area contributed by atoms with Gasteiger partial charge in [-0.1, -0.05) is 25.5 Å². The smallest absolute Gasteiger partial charge is 0.302 e. The maximum absolute atomic E-state index is 11.7. The normalized spacial score (nSPS) is 45.8. The van der Waals surface area contributed by atoms with Crippen LogP contribution in [0, 0.1) is 28.6 Å². The fourth-order valence-corrected chi connectivity index (χ4v) is 7.45. The lowest BCUT2D eigenvalue weighted by molar-refractivity contribution is -0.148. The maximum atomic E-state index is 11.7. The lowest BCUT2D eigenvalue weighted by Crippen LogP contribution is -2.53. The summed E-state index contributed by atoms with van der Waals surface area (Å²) < 4.78 is 5.54. The summed E-state index contributed by atoms with van der Waals surface area (Å²) >= 11 is 0. The second-order valence-electron chi connectivity index (χ2n) is 10.1. The lowest BCUT2D eigenvalue weighted by atomic mass is 9.48. The number of carbonyl (C=O) groups is 2. The molecule has 0 aromatic rings. The minimum Gasteiger partial charge on any atom is -0.462 e. The lowest BCUT2D eigenvalue weighted by Gasteiger charge is -2.58. The highest BCUT2D eigenvalue weighted by molar-refractivity contribution is 5.73. The van der Waals surface area contributed by atoms with Crippen molar-refractivity contribution in [1.82, 2.24) is 5.32 Å². The van der Waals surface area contributed by atoms with E-state index in [0.717, 1.165) is 43.9 Å². The highest BCUT2D eigenvalue weighted by Gasteiger charge is 2.58. The molecule has 4 rings (SSSR count). The Hall–Kier alpha value is -1.32. The first-order chi connectivity index (χ1) is 12.7. The standard InChI is InChI=1S/C23H35NO3/c1-14(25)24-21-8-7-19-18-6-5-16-13-17(27-15(2)26)9-11-22(16,3)20(18)10-12-23(19,21)4/h5,17-21H,6-13H2,1-4H3,(H,24,25)/t17?,18-,19-,20-,21-,22-,23-/m0/s1. The van der Waals surface area contributed by atoms with Crippen molar-refractivity contribution in [3.8, 4) is 0 Å². The Kier molecular flexibility index (Phi) is 4.67. The van der Waals surface area contributed by atoms with E-state index >= 15 is 0 Å². The van der Waals surface area contributed by atoms with Gasteiger partial charge in [0.05, 0.1) is 0 Å². The number of fused-ring (bicyclic) bond motifs is 5. The number of esters is 1. The van der Waals surface area contributed by atoms with Crippen molar-refractivity contribution < 1.29 is 14.3 Å². The van der Waals surface area contributed by atoms with Gasteiger partial charge in [0.15, 0.2) is 0 Å². The minimum absolute atomic E-state index is 0.0721. The van der Waals surface area contributed by atoms with E-state index in [1.165, 1.54) is 26.2 Å². The van der Waals surface area contributed by atoms with Crippen LogP contribution in [0.1, 0.15) is 79.1 Å². The average Bonchev–Trinajstić information content (AvgIpc) is 2.91. The van der Waals surface area contributed by atoms with E-state index < -0.39 is 0 Å². The highest BCUT2D eigenvalue weighted by atomic mass is 16.5. The second kappa shape index (κ2) is 6.63. The third-order valence-corrected chi connectivity index (χ3v) is 8.77. The third kappa shape index (κ3) is 3.03. The number of rotatable bonds is 2. The molecule has 1 N–H and O–H groups in total. The average molecular weight is 374 g/mol. The van der Waals surface area contributed by atoms with Crippen LogP contribution in [0.5, 0.6) is 0 Å². The van der Waals surface area contributed by atoms with Crippen LogP contribution >= 0.6 is 0 Å². The van der Waals surface area contributed by atoms with Crippen LogP contribution in [0.2, 0.25) is 0 Å². The van der Waals surface area contributed by atoms with Crippen LogP contribution in [0.3, 0.4) is 0 Å². The second-order valence-corrected chi connectivity index (χ2v) is 10.1. The van der Waals surface area contributed by atoms with Crippen LogP contribution in [-0.2, 0) is 14.3 Å². The molecule has 27 heavy (non-hydrogen) atoms. The Bertz CT molecular complexity index is 671. The van der Waals surface area contributed by atoms with E-state index in [2.05, 4.69) is 25.2 Å². The zero-order chi connectivity index (χ0) is 19.4. The van der Waals surface area contributed by atoms with E-state index in [-0.39, 0.29) is 28.8 Å². The van der Waals surface area contributed by atoms with Gasteiger partial charge in [-0.2, -0.15) is 0 Å². The largest absolute Gasteiger partial charge is 0.462 e. The quantitative estimate of drug-likeness (QED) is 0.577. The molecule has 3 saturated carbocycles. The summed E-state index contributed by atoms with van der Waals surface area (Å²) in [6.07, 6.45) is 11.6. The Morgan fingerprint density at radius 2 is 1.85 bits per heavy atom. The van der Waals surface area contributed by atoms with E-state index in [4.69, 9.17) is 4.74 Å². The van der Waals surface area contributed by atoms with E-state index in [1.807, 2.05) is 0 Å². The number of hydrogen-bond donors (Lipinski definition) is 1. The zero-order valence-electron chi connectivity index (χ0n) is 17.3. The van der Waals surface area contributed by atoms with Gasteiger partial charge < -0.3 is 10.1 Å². The number of hydrogen-bond acceptors (Lipinski definition) is 3. The van der Waals surface area contributed by atoms with Gasteiger partial charge in [0, 0.05) is 26.3 Å². The summed E-state index contributed by atoms with van der Waals surface area (Å²) in [4.78, 5) is 23.1. The first-order valence-corrected chi connectivity index (χ1v) is 10.9. The predicted molar refractivity (Wildman–Crippen MR) is 105 cm³/mol. The number of amides is 1. The summed E-state index contributed by atoms with van der Waals surface area (Å²) in [6.45, 7) is 8.08. The molecule has 0 saturated heterocycles. The molecule has 0 aliphatic heterocycles. The molecule has 4 nitrogen and oxygen atoms in total. The van der Waals surface area contributed by atoms with Crippen molar-refractivity contribution >= 4 is 11.9 Å². The Morgan fingerprint density at radius 3 is 2.56 bits per heavy atom. The summed E-state index contributed by atoms with van der Waals surface area (Å²) in [5.74, 6) is 2.16. The van der Waals surface area contributed by atoms with Crippen molar-refractivity contribution in [3.63, 3.8) is 0 Å². The van der Waals surface area contributed by atoms with Gasteiger partial charge in [-0.3, -0.25) is 9.59 Å². The van der Waals surface area contributed by atoms with Gasteiger partial charge in [0.2, 0.25) is 5.91 Å². The molecular weight excluding hydrogens is 338 g/mol. The molecule has 150 valence electrons. The molecule has 7 atom stereocenters. The molecule has 4 aliphatic carbocycles. The van der Waals surface area contributed by atoms with Crippen LogP contribution < -0.4 is 5.32 Å². The van der Waals surface area contributed by atoms with E-state index in [0.29, 0.717) is 12.0 Å². The first-order valence-electron chi connectivity index (χ1n) is 10.9. The Morgan fingerprint density at radius 1 is 1.07 bits per heavy atom. The summed E-state index contributed by atoms with van der Waals surface area (Å²) in [5.41, 5.74) is 2.07. The number of carbonyl (C=O) groups excluding carboxylic acids is 2. The maximum Gasteiger partial charge on any atom is 0.302 e. The molecular formula is C23H35NO3. The van der Waals surface area contributed by atoms with Crippen molar-refractivity contribution in [3.05, 3.63) is 11.6 Å². The molecule has 0 bridgehead atoms. The Balaban J connectivity index is 1.55. The molecule has 0 spiro atoms.